The molecule has 0 bridgehead atoms. The third-order valence-electron chi connectivity index (χ3n) is 3.41. The fourth-order valence-electron chi connectivity index (χ4n) is 2.07. The van der Waals surface area contributed by atoms with Gasteiger partial charge in [-0.15, -0.1) is 0 Å². The van der Waals surface area contributed by atoms with Gasteiger partial charge in [0.05, 0.1) is 10.5 Å². The van der Waals surface area contributed by atoms with Crippen molar-refractivity contribution in [1.29, 1.82) is 0 Å². The van der Waals surface area contributed by atoms with E-state index in [2.05, 4.69) is 0 Å². The van der Waals surface area contributed by atoms with E-state index in [4.69, 9.17) is 5.73 Å². The second-order valence-electron chi connectivity index (χ2n) is 5.49. The smallest absolute Gasteiger partial charge is 0.368 e. The summed E-state index contributed by atoms with van der Waals surface area (Å²) in [5, 5.41) is 0. The number of benzene rings is 1. The molecule has 0 aliphatic rings. The normalized spacial score (nSPS) is 13.3. The van der Waals surface area contributed by atoms with Crippen molar-refractivity contribution in [2.75, 3.05) is 6.54 Å². The average Bonchev–Trinajstić information content (AvgIpc) is 2.43. The summed E-state index contributed by atoms with van der Waals surface area (Å²) in [6.45, 7) is 4.04. The van der Waals surface area contributed by atoms with Crippen LogP contribution in [0.1, 0.15) is 32.8 Å². The Balaban J connectivity index is 3.59. The Morgan fingerprint density at radius 3 is 2.17 bits per heavy atom. The van der Waals surface area contributed by atoms with E-state index in [1.165, 1.54) is 19.9 Å². The quantitative estimate of drug-likeness (QED) is 0.853. The van der Waals surface area contributed by atoms with Crippen LogP contribution in [0, 0.1) is 0 Å². The molecule has 130 valence electrons. The molecule has 1 aromatic rings. The zero-order valence-corrected chi connectivity index (χ0v) is 13.8. The largest absolute Gasteiger partial charge is 0.417 e. The molecule has 0 radical (unpaired) electrons. The van der Waals surface area contributed by atoms with E-state index in [9.17, 15) is 26.4 Å². The van der Waals surface area contributed by atoms with Crippen LogP contribution in [0.15, 0.2) is 29.2 Å². The van der Waals surface area contributed by atoms with Crippen LogP contribution in [0.4, 0.5) is 13.2 Å². The maximum absolute atomic E-state index is 13.1. The highest BCUT2D eigenvalue weighted by Gasteiger charge is 2.44. The van der Waals surface area contributed by atoms with Gasteiger partial charge >= 0.3 is 6.18 Å². The monoisotopic (exact) mass is 352 g/mol. The fraction of sp³-hybridized carbons (Fsp3) is 0.500. The van der Waals surface area contributed by atoms with Gasteiger partial charge in [0.15, 0.2) is 0 Å². The number of alkyl halides is 3. The van der Waals surface area contributed by atoms with Crippen LogP contribution < -0.4 is 5.73 Å². The number of halogens is 3. The lowest BCUT2D eigenvalue weighted by molar-refractivity contribution is -0.139. The van der Waals surface area contributed by atoms with Crippen molar-refractivity contribution in [3.05, 3.63) is 29.8 Å². The number of hydrogen-bond acceptors (Lipinski definition) is 3. The Bertz CT molecular complexity index is 685. The van der Waals surface area contributed by atoms with E-state index >= 15 is 0 Å². The first-order valence-electron chi connectivity index (χ1n) is 6.85. The number of sulfonamides is 1. The number of nitrogens with two attached hydrogens (primary N) is 1. The van der Waals surface area contributed by atoms with Crippen LogP contribution in [-0.4, -0.2) is 30.7 Å². The highest BCUT2D eigenvalue weighted by molar-refractivity contribution is 7.89. The molecule has 0 spiro atoms. The number of hydrogen-bond donors (Lipinski definition) is 1. The van der Waals surface area contributed by atoms with E-state index < -0.39 is 38.1 Å². The highest BCUT2D eigenvalue weighted by atomic mass is 32.2. The molecule has 0 heterocycles. The van der Waals surface area contributed by atoms with Gasteiger partial charge in [-0.1, -0.05) is 19.1 Å². The predicted octanol–water partition coefficient (Wildman–Crippen LogP) is 2.37. The fourth-order valence-corrected chi connectivity index (χ4v) is 4.13. The molecule has 1 aromatic carbocycles. The lowest BCUT2D eigenvalue weighted by atomic mass is 10.1. The van der Waals surface area contributed by atoms with E-state index in [-0.39, 0.29) is 6.54 Å². The van der Waals surface area contributed by atoms with Gasteiger partial charge in [-0.2, -0.15) is 17.5 Å². The molecule has 0 unspecified atom stereocenters. The molecule has 0 saturated heterocycles. The minimum atomic E-state index is -4.83. The minimum Gasteiger partial charge on any atom is -0.368 e. The van der Waals surface area contributed by atoms with Crippen LogP contribution >= 0.6 is 0 Å². The van der Waals surface area contributed by atoms with E-state index in [0.29, 0.717) is 16.8 Å². The number of carbonyl (C=O) groups is 1. The molecule has 0 aromatic heterocycles. The summed E-state index contributed by atoms with van der Waals surface area (Å²) in [5.41, 5.74) is 2.30. The molecule has 1 amide bonds. The Labute approximate surface area is 133 Å². The molecular formula is C14H19F3N2O3S. The Morgan fingerprint density at radius 2 is 1.74 bits per heavy atom. The van der Waals surface area contributed by atoms with Crippen molar-refractivity contribution in [1.82, 2.24) is 4.31 Å². The summed E-state index contributed by atoms with van der Waals surface area (Å²) in [7, 11) is -4.57. The van der Waals surface area contributed by atoms with Crippen LogP contribution in [0.5, 0.6) is 0 Å². The summed E-state index contributed by atoms with van der Waals surface area (Å²) in [5.74, 6) is -0.945. The molecular weight excluding hydrogens is 333 g/mol. The van der Waals surface area contributed by atoms with Gasteiger partial charge in [-0.25, -0.2) is 8.42 Å². The molecule has 0 fully saturated rings. The van der Waals surface area contributed by atoms with Gasteiger partial charge in [-0.05, 0) is 32.4 Å². The summed E-state index contributed by atoms with van der Waals surface area (Å²) in [4.78, 5) is 10.7. The maximum atomic E-state index is 13.1. The number of rotatable bonds is 6. The Hall–Kier alpha value is -1.61. The molecule has 9 heteroatoms. The number of primary amides is 1. The minimum absolute atomic E-state index is 0.134. The standard InChI is InChI=1S/C14H19F3N2O3S/c1-4-9-19(13(2,3)12(18)20)23(21,22)11-8-6-5-7-10(11)14(15,16)17/h5-8H,4,9H2,1-3H3,(H2,18,20). The van der Waals surface area contributed by atoms with E-state index in [1.807, 2.05) is 0 Å². The SMILES string of the molecule is CCCN(C(C)(C)C(N)=O)S(=O)(=O)c1ccccc1C(F)(F)F. The number of nitrogens with zero attached hydrogens (tertiary/aromatic N) is 1. The lowest BCUT2D eigenvalue weighted by Gasteiger charge is -2.35. The van der Waals surface area contributed by atoms with Crippen molar-refractivity contribution < 1.29 is 26.4 Å². The molecule has 1 rings (SSSR count). The van der Waals surface area contributed by atoms with E-state index in [1.54, 1.807) is 6.92 Å². The van der Waals surface area contributed by atoms with Crippen LogP contribution in [0.2, 0.25) is 0 Å². The van der Waals surface area contributed by atoms with Gasteiger partial charge in [0.1, 0.15) is 5.54 Å². The summed E-state index contributed by atoms with van der Waals surface area (Å²) in [6.07, 6.45) is -4.53. The second-order valence-corrected chi connectivity index (χ2v) is 7.33. The molecule has 0 aliphatic heterocycles. The van der Waals surface area contributed by atoms with Crippen LogP contribution in [0.3, 0.4) is 0 Å². The first kappa shape index (κ1) is 19.4. The van der Waals surface area contributed by atoms with Crippen molar-refractivity contribution in [3.8, 4) is 0 Å². The van der Waals surface area contributed by atoms with Crippen LogP contribution in [0.25, 0.3) is 0 Å². The first-order chi connectivity index (χ1) is 10.4. The third-order valence-corrected chi connectivity index (χ3v) is 5.54. The molecule has 0 aliphatic carbocycles. The van der Waals surface area contributed by atoms with Gasteiger partial charge in [-0.3, -0.25) is 4.79 Å². The lowest BCUT2D eigenvalue weighted by Crippen LogP contribution is -2.56. The molecule has 23 heavy (non-hydrogen) atoms. The zero-order chi connectivity index (χ0) is 18.1. The predicted molar refractivity (Wildman–Crippen MR) is 78.9 cm³/mol. The van der Waals surface area contributed by atoms with Crippen molar-refractivity contribution >= 4 is 15.9 Å². The van der Waals surface area contributed by atoms with Gasteiger partial charge in [0.25, 0.3) is 0 Å². The van der Waals surface area contributed by atoms with Crippen molar-refractivity contribution in [3.63, 3.8) is 0 Å². The van der Waals surface area contributed by atoms with Gasteiger partial charge in [0.2, 0.25) is 15.9 Å². The molecule has 5 nitrogen and oxygen atoms in total. The average molecular weight is 352 g/mol. The topological polar surface area (TPSA) is 80.5 Å². The van der Waals surface area contributed by atoms with Gasteiger partial charge in [0, 0.05) is 6.54 Å². The third kappa shape index (κ3) is 3.84. The summed E-state index contributed by atoms with van der Waals surface area (Å²) < 4.78 is 65.6. The Kier molecular flexibility index (Phi) is 5.48. The molecule has 0 saturated carbocycles. The number of carbonyl (C=O) groups excluding carboxylic acids is 1. The summed E-state index contributed by atoms with van der Waals surface area (Å²) in [6, 6.07) is 3.86. The van der Waals surface area contributed by atoms with Crippen molar-refractivity contribution in [2.45, 2.75) is 43.8 Å². The van der Waals surface area contributed by atoms with Crippen LogP contribution in [-0.2, 0) is 21.0 Å². The van der Waals surface area contributed by atoms with Gasteiger partial charge < -0.3 is 5.73 Å². The summed E-state index contributed by atoms with van der Waals surface area (Å²) >= 11 is 0. The highest BCUT2D eigenvalue weighted by Crippen LogP contribution is 2.36. The van der Waals surface area contributed by atoms with Crippen molar-refractivity contribution in [2.24, 2.45) is 5.73 Å². The van der Waals surface area contributed by atoms with E-state index in [0.717, 1.165) is 12.1 Å². The molecule has 2 N–H and O–H groups in total. The Morgan fingerprint density at radius 1 is 1.22 bits per heavy atom. The maximum Gasteiger partial charge on any atom is 0.417 e. The molecule has 0 atom stereocenters. The number of amides is 1. The zero-order valence-electron chi connectivity index (χ0n) is 13.0. The first-order valence-corrected chi connectivity index (χ1v) is 8.29. The second kappa shape index (κ2) is 6.48.